The van der Waals surface area contributed by atoms with Crippen LogP contribution in [0.25, 0.3) is 0 Å². The van der Waals surface area contributed by atoms with Crippen molar-refractivity contribution in [1.82, 2.24) is 0 Å². The van der Waals surface area contributed by atoms with Gasteiger partial charge in [-0.15, -0.1) is 0 Å². The number of hydrogen-bond acceptors (Lipinski definition) is 3. The maximum atomic E-state index is 12.9. The molecule has 102 valence electrons. The van der Waals surface area contributed by atoms with Crippen LogP contribution in [0, 0.1) is 11.2 Å². The predicted octanol–water partition coefficient (Wildman–Crippen LogP) is 2.17. The average molecular weight is 296 g/mol. The Labute approximate surface area is 111 Å². The zero-order chi connectivity index (χ0) is 14.0. The maximum absolute atomic E-state index is 12.9. The molecular formula is C11H15ClFNO3S. The van der Waals surface area contributed by atoms with Crippen molar-refractivity contribution < 1.29 is 17.5 Å². The topological polar surface area (TPSA) is 69.4 Å². The molecule has 18 heavy (non-hydrogen) atoms. The summed E-state index contributed by atoms with van der Waals surface area (Å²) >= 11 is 5.60. The number of ether oxygens (including phenoxy) is 1. The summed E-state index contributed by atoms with van der Waals surface area (Å²) in [6, 6.07) is 3.95. The number of sulfonamides is 1. The summed E-state index contributed by atoms with van der Waals surface area (Å²) in [5.41, 5.74) is -0.644. The Morgan fingerprint density at radius 1 is 1.44 bits per heavy atom. The van der Waals surface area contributed by atoms with Crippen molar-refractivity contribution in [3.05, 3.63) is 29.0 Å². The molecule has 0 radical (unpaired) electrons. The minimum absolute atomic E-state index is 0.0447. The monoisotopic (exact) mass is 295 g/mol. The highest BCUT2D eigenvalue weighted by Crippen LogP contribution is 2.24. The Morgan fingerprint density at radius 2 is 2.06 bits per heavy atom. The first-order chi connectivity index (χ1) is 8.09. The molecule has 0 aliphatic heterocycles. The minimum Gasteiger partial charge on any atom is -0.493 e. The van der Waals surface area contributed by atoms with E-state index in [4.69, 9.17) is 21.5 Å². The lowest BCUT2D eigenvalue weighted by molar-refractivity contribution is 0.199. The van der Waals surface area contributed by atoms with Crippen LogP contribution in [0.3, 0.4) is 0 Å². The van der Waals surface area contributed by atoms with Crippen LogP contribution in [0.1, 0.15) is 13.8 Å². The molecule has 0 saturated carbocycles. The number of nitrogens with two attached hydrogens (primary N) is 1. The molecule has 0 unspecified atom stereocenters. The highest BCUT2D eigenvalue weighted by atomic mass is 35.5. The number of hydrogen-bond donors (Lipinski definition) is 1. The van der Waals surface area contributed by atoms with Gasteiger partial charge in [-0.3, -0.25) is 0 Å². The second-order valence-electron chi connectivity index (χ2n) is 4.84. The van der Waals surface area contributed by atoms with Crippen LogP contribution in [-0.4, -0.2) is 20.8 Å². The molecule has 0 atom stereocenters. The normalized spacial score (nSPS) is 12.5. The number of halogens is 2. The largest absolute Gasteiger partial charge is 0.493 e. The van der Waals surface area contributed by atoms with E-state index in [9.17, 15) is 12.8 Å². The van der Waals surface area contributed by atoms with E-state index < -0.39 is 21.3 Å². The molecule has 0 aliphatic carbocycles. The molecule has 1 rings (SSSR count). The van der Waals surface area contributed by atoms with Gasteiger partial charge in [0.25, 0.3) is 0 Å². The van der Waals surface area contributed by atoms with Gasteiger partial charge < -0.3 is 4.74 Å². The van der Waals surface area contributed by atoms with Gasteiger partial charge in [0, 0.05) is 11.5 Å². The van der Waals surface area contributed by atoms with Crippen LogP contribution < -0.4 is 9.88 Å². The van der Waals surface area contributed by atoms with Crippen molar-refractivity contribution in [3.63, 3.8) is 0 Å². The van der Waals surface area contributed by atoms with Crippen molar-refractivity contribution in [2.24, 2.45) is 10.6 Å². The SMILES string of the molecule is CC(C)(COc1ccc(F)c(Cl)c1)CS(N)(=O)=O. The predicted molar refractivity (Wildman–Crippen MR) is 68.7 cm³/mol. The Kier molecular flexibility index (Phi) is 4.58. The molecule has 7 heteroatoms. The van der Waals surface area contributed by atoms with Crippen LogP contribution in [0.2, 0.25) is 5.02 Å². The standard InChI is InChI=1S/C11H15ClFNO3S/c1-11(2,7-18(14,15)16)6-17-8-3-4-10(13)9(12)5-8/h3-5H,6-7H2,1-2H3,(H2,14,15,16). The number of primary sulfonamides is 1. The average Bonchev–Trinajstić information content (AvgIpc) is 2.16. The van der Waals surface area contributed by atoms with E-state index in [1.165, 1.54) is 18.2 Å². The minimum atomic E-state index is -3.57. The molecule has 0 aromatic heterocycles. The number of rotatable bonds is 5. The van der Waals surface area contributed by atoms with E-state index in [2.05, 4.69) is 0 Å². The van der Waals surface area contributed by atoms with E-state index in [-0.39, 0.29) is 17.4 Å². The van der Waals surface area contributed by atoms with E-state index in [0.29, 0.717) is 5.75 Å². The zero-order valence-corrected chi connectivity index (χ0v) is 11.7. The van der Waals surface area contributed by atoms with E-state index in [1.54, 1.807) is 13.8 Å². The third-order valence-corrected chi connectivity index (χ3v) is 3.59. The summed E-state index contributed by atoms with van der Waals surface area (Å²) in [4.78, 5) is 0. The molecule has 4 nitrogen and oxygen atoms in total. The van der Waals surface area contributed by atoms with Crippen molar-refractivity contribution >= 4 is 21.6 Å². The summed E-state index contributed by atoms with van der Waals surface area (Å²) in [6.07, 6.45) is 0. The van der Waals surface area contributed by atoms with Gasteiger partial charge in [0.2, 0.25) is 10.0 Å². The van der Waals surface area contributed by atoms with Gasteiger partial charge in [-0.05, 0) is 12.1 Å². The van der Waals surface area contributed by atoms with Crippen LogP contribution in [0.4, 0.5) is 4.39 Å². The van der Waals surface area contributed by atoms with Gasteiger partial charge in [0.05, 0.1) is 17.4 Å². The van der Waals surface area contributed by atoms with Gasteiger partial charge in [0.1, 0.15) is 11.6 Å². The summed E-state index contributed by atoms with van der Waals surface area (Å²) in [5.74, 6) is -0.355. The summed E-state index contributed by atoms with van der Waals surface area (Å²) in [5, 5.41) is 4.94. The fraction of sp³-hybridized carbons (Fsp3) is 0.455. The third-order valence-electron chi connectivity index (χ3n) is 2.11. The van der Waals surface area contributed by atoms with E-state index >= 15 is 0 Å². The maximum Gasteiger partial charge on any atom is 0.209 e. The fourth-order valence-corrected chi connectivity index (χ4v) is 2.77. The molecule has 0 fully saturated rings. The number of benzene rings is 1. The molecule has 1 aromatic carbocycles. The van der Waals surface area contributed by atoms with E-state index in [1.807, 2.05) is 0 Å². The molecule has 0 bridgehead atoms. The third kappa shape index (κ3) is 5.20. The zero-order valence-electron chi connectivity index (χ0n) is 10.1. The van der Waals surface area contributed by atoms with Crippen LogP contribution in [-0.2, 0) is 10.0 Å². The highest BCUT2D eigenvalue weighted by molar-refractivity contribution is 7.89. The van der Waals surface area contributed by atoms with Crippen LogP contribution >= 0.6 is 11.6 Å². The summed E-state index contributed by atoms with van der Waals surface area (Å²) in [7, 11) is -3.57. The first-order valence-electron chi connectivity index (χ1n) is 5.17. The highest BCUT2D eigenvalue weighted by Gasteiger charge is 2.25. The van der Waals surface area contributed by atoms with E-state index in [0.717, 1.165) is 0 Å². The Balaban J connectivity index is 2.67. The summed E-state index contributed by atoms with van der Waals surface area (Å²) < 4.78 is 40.3. The van der Waals surface area contributed by atoms with Crippen molar-refractivity contribution in [2.75, 3.05) is 12.4 Å². The molecule has 0 saturated heterocycles. The first-order valence-corrected chi connectivity index (χ1v) is 7.27. The summed E-state index contributed by atoms with van der Waals surface area (Å²) in [6.45, 7) is 3.55. The van der Waals surface area contributed by atoms with Gasteiger partial charge >= 0.3 is 0 Å². The van der Waals surface area contributed by atoms with Crippen molar-refractivity contribution in [2.45, 2.75) is 13.8 Å². The smallest absolute Gasteiger partial charge is 0.209 e. The molecular weight excluding hydrogens is 281 g/mol. The molecule has 0 spiro atoms. The van der Waals surface area contributed by atoms with Gasteiger partial charge in [-0.2, -0.15) is 0 Å². The quantitative estimate of drug-likeness (QED) is 0.905. The Morgan fingerprint density at radius 3 is 2.56 bits per heavy atom. The lowest BCUT2D eigenvalue weighted by atomic mass is 9.98. The van der Waals surface area contributed by atoms with Crippen LogP contribution in [0.15, 0.2) is 18.2 Å². The second kappa shape index (κ2) is 5.42. The van der Waals surface area contributed by atoms with Gasteiger partial charge in [-0.1, -0.05) is 25.4 Å². The lowest BCUT2D eigenvalue weighted by Gasteiger charge is -2.23. The molecule has 0 heterocycles. The fourth-order valence-electron chi connectivity index (χ4n) is 1.43. The van der Waals surface area contributed by atoms with Gasteiger partial charge in [0.15, 0.2) is 0 Å². The Bertz CT molecular complexity index is 531. The van der Waals surface area contributed by atoms with Gasteiger partial charge in [-0.25, -0.2) is 17.9 Å². The molecule has 0 amide bonds. The molecule has 2 N–H and O–H groups in total. The second-order valence-corrected chi connectivity index (χ2v) is 6.86. The molecule has 1 aromatic rings. The van der Waals surface area contributed by atoms with Crippen molar-refractivity contribution in [3.8, 4) is 5.75 Å². The Hall–Kier alpha value is -0.850. The van der Waals surface area contributed by atoms with Crippen LogP contribution in [0.5, 0.6) is 5.75 Å². The molecule has 0 aliphatic rings. The van der Waals surface area contributed by atoms with Crippen molar-refractivity contribution in [1.29, 1.82) is 0 Å². The first kappa shape index (κ1) is 15.2. The lowest BCUT2D eigenvalue weighted by Crippen LogP contribution is -2.33.